The Bertz CT molecular complexity index is 1180. The molecule has 3 atom stereocenters. The Kier molecular flexibility index (Phi) is 9.98. The molecule has 0 radical (unpaired) electrons. The molecule has 1 heterocycles. The van der Waals surface area contributed by atoms with Gasteiger partial charge in [-0.2, -0.15) is 0 Å². The number of alkyl carbamates (subject to hydrolysis) is 1. The third kappa shape index (κ3) is 7.77. The van der Waals surface area contributed by atoms with Gasteiger partial charge in [0, 0.05) is 13.0 Å². The summed E-state index contributed by atoms with van der Waals surface area (Å²) < 4.78 is 5.10. The van der Waals surface area contributed by atoms with Crippen molar-refractivity contribution in [3.05, 3.63) is 71.8 Å². The summed E-state index contributed by atoms with van der Waals surface area (Å²) in [5, 5.41) is 15.9. The van der Waals surface area contributed by atoms with E-state index in [0.717, 1.165) is 10.5 Å². The van der Waals surface area contributed by atoms with Crippen LogP contribution in [0.3, 0.4) is 0 Å². The minimum absolute atomic E-state index is 0.0113. The van der Waals surface area contributed by atoms with Crippen molar-refractivity contribution in [2.45, 2.75) is 56.5 Å². The lowest BCUT2D eigenvalue weighted by molar-refractivity contribution is -0.170. The van der Waals surface area contributed by atoms with E-state index in [1.54, 1.807) is 30.3 Å². The second-order valence-corrected chi connectivity index (χ2v) is 9.25. The first-order valence-corrected chi connectivity index (χ1v) is 12.5. The summed E-state index contributed by atoms with van der Waals surface area (Å²) >= 11 is 0. The summed E-state index contributed by atoms with van der Waals surface area (Å²) in [6.07, 6.45) is -0.401. The fourth-order valence-corrected chi connectivity index (χ4v) is 4.42. The van der Waals surface area contributed by atoms with E-state index < -0.39 is 54.0 Å². The van der Waals surface area contributed by atoms with Gasteiger partial charge in [-0.05, 0) is 30.4 Å². The minimum atomic E-state index is -2.50. The average Bonchev–Trinajstić information content (AvgIpc) is 3.25. The number of aliphatic hydroxyl groups is 1. The van der Waals surface area contributed by atoms with Crippen LogP contribution in [0.2, 0.25) is 0 Å². The zero-order valence-corrected chi connectivity index (χ0v) is 21.4. The quantitative estimate of drug-likeness (QED) is 0.252. The Morgan fingerprint density at radius 1 is 1.00 bits per heavy atom. The van der Waals surface area contributed by atoms with Crippen LogP contribution in [-0.4, -0.2) is 64.1 Å². The molecule has 0 unspecified atom stereocenters. The van der Waals surface area contributed by atoms with Crippen LogP contribution in [0.25, 0.3) is 0 Å². The van der Waals surface area contributed by atoms with Crippen molar-refractivity contribution in [2.24, 2.45) is 11.5 Å². The lowest BCUT2D eigenvalue weighted by Gasteiger charge is -2.35. The van der Waals surface area contributed by atoms with Gasteiger partial charge in [0.1, 0.15) is 12.6 Å². The summed E-state index contributed by atoms with van der Waals surface area (Å²) in [5.74, 6) is -3.51. The molecule has 7 N–H and O–H groups in total. The largest absolute Gasteiger partial charge is 0.445 e. The predicted molar refractivity (Wildman–Crippen MR) is 139 cm³/mol. The van der Waals surface area contributed by atoms with Crippen molar-refractivity contribution in [2.75, 3.05) is 6.54 Å². The fraction of sp³-hybridized carbons (Fsp3) is 0.370. The number of likely N-dealkylation sites (tertiary alicyclic amines) is 1. The highest BCUT2D eigenvalue weighted by Crippen LogP contribution is 2.29. The van der Waals surface area contributed by atoms with Gasteiger partial charge < -0.3 is 36.8 Å². The molecule has 12 heteroatoms. The third-order valence-corrected chi connectivity index (χ3v) is 6.44. The molecule has 3 rings (SSSR count). The van der Waals surface area contributed by atoms with E-state index >= 15 is 0 Å². The van der Waals surface area contributed by atoms with Gasteiger partial charge in [-0.25, -0.2) is 4.79 Å². The van der Waals surface area contributed by atoms with Gasteiger partial charge in [-0.3, -0.25) is 19.2 Å². The van der Waals surface area contributed by atoms with Crippen molar-refractivity contribution < 1.29 is 33.8 Å². The number of rotatable bonds is 12. The van der Waals surface area contributed by atoms with E-state index in [9.17, 15) is 29.1 Å². The number of nitrogens with two attached hydrogens (primary N) is 2. The van der Waals surface area contributed by atoms with Crippen LogP contribution in [0.4, 0.5) is 4.79 Å². The van der Waals surface area contributed by atoms with Gasteiger partial charge in [0.05, 0.1) is 12.5 Å². The lowest BCUT2D eigenvalue weighted by atomic mass is 10.0. The lowest BCUT2D eigenvalue weighted by Crippen LogP contribution is -2.66. The van der Waals surface area contributed by atoms with Gasteiger partial charge in [0.2, 0.25) is 23.4 Å². The molecule has 0 spiro atoms. The third-order valence-electron chi connectivity index (χ3n) is 6.44. The number of amides is 5. The number of benzene rings is 2. The van der Waals surface area contributed by atoms with E-state index in [-0.39, 0.29) is 26.0 Å². The summed E-state index contributed by atoms with van der Waals surface area (Å²) in [6.45, 7) is -0.120. The Morgan fingerprint density at radius 2 is 1.62 bits per heavy atom. The number of hydrogen-bond acceptors (Lipinski definition) is 7. The number of carbonyl (C=O) groups is 5. The maximum absolute atomic E-state index is 13.0. The minimum Gasteiger partial charge on any atom is -0.445 e. The highest BCUT2D eigenvalue weighted by molar-refractivity contribution is 5.93. The van der Waals surface area contributed by atoms with E-state index in [1.165, 1.54) is 0 Å². The summed E-state index contributed by atoms with van der Waals surface area (Å²) in [7, 11) is 0. The molecule has 1 saturated heterocycles. The van der Waals surface area contributed by atoms with Crippen molar-refractivity contribution in [3.8, 4) is 0 Å². The molecule has 1 aliphatic heterocycles. The van der Waals surface area contributed by atoms with E-state index in [0.29, 0.717) is 18.4 Å². The smallest absolute Gasteiger partial charge is 0.408 e. The standard InChI is InChI=1S/C27H33N5O7/c28-22(33)16-20(30-26(37)39-17-19-10-5-2-6-11-19)24(35)31-21-14-15-32(27(21,38)25(29)36)23(34)13-7-12-18-8-3-1-4-9-18/h1-6,8-11,20-21,38H,7,12-17H2,(H2,28,33)(H2,29,36)(H,30,37)(H,31,35)/t20-,21-,27-/m0/s1. The molecule has 1 aliphatic rings. The molecule has 0 aromatic heterocycles. The van der Waals surface area contributed by atoms with Crippen LogP contribution < -0.4 is 22.1 Å². The molecule has 0 saturated carbocycles. The monoisotopic (exact) mass is 539 g/mol. The molecule has 12 nitrogen and oxygen atoms in total. The van der Waals surface area contributed by atoms with Gasteiger partial charge in [-0.15, -0.1) is 0 Å². The van der Waals surface area contributed by atoms with Crippen molar-refractivity contribution in [1.29, 1.82) is 0 Å². The number of aryl methyl sites for hydroxylation is 1. The summed E-state index contributed by atoms with van der Waals surface area (Å²) in [5.41, 5.74) is 9.97. The van der Waals surface area contributed by atoms with Crippen molar-refractivity contribution >= 4 is 29.7 Å². The van der Waals surface area contributed by atoms with Crippen molar-refractivity contribution in [1.82, 2.24) is 15.5 Å². The first kappa shape index (κ1) is 29.1. The van der Waals surface area contributed by atoms with Gasteiger partial charge in [0.25, 0.3) is 5.91 Å². The maximum Gasteiger partial charge on any atom is 0.408 e. The normalized spacial score (nSPS) is 19.1. The second-order valence-electron chi connectivity index (χ2n) is 9.25. The highest BCUT2D eigenvalue weighted by atomic mass is 16.5. The first-order chi connectivity index (χ1) is 18.6. The molecular weight excluding hydrogens is 506 g/mol. The van der Waals surface area contributed by atoms with Crippen LogP contribution in [0.5, 0.6) is 0 Å². The van der Waals surface area contributed by atoms with Gasteiger partial charge >= 0.3 is 6.09 Å². The zero-order valence-electron chi connectivity index (χ0n) is 21.4. The van der Waals surface area contributed by atoms with Crippen LogP contribution in [0.1, 0.15) is 36.8 Å². The van der Waals surface area contributed by atoms with Gasteiger partial charge in [-0.1, -0.05) is 60.7 Å². The molecule has 39 heavy (non-hydrogen) atoms. The molecule has 1 fully saturated rings. The fourth-order valence-electron chi connectivity index (χ4n) is 4.42. The Morgan fingerprint density at radius 3 is 2.21 bits per heavy atom. The number of ether oxygens (including phenoxy) is 1. The number of carbonyl (C=O) groups excluding carboxylic acids is 5. The number of nitrogens with one attached hydrogen (secondary N) is 2. The average molecular weight is 540 g/mol. The van der Waals surface area contributed by atoms with Crippen molar-refractivity contribution in [3.63, 3.8) is 0 Å². The Balaban J connectivity index is 1.62. The van der Waals surface area contributed by atoms with Crippen LogP contribution >= 0.6 is 0 Å². The van der Waals surface area contributed by atoms with Crippen LogP contribution in [-0.2, 0) is 36.9 Å². The molecular formula is C27H33N5O7. The second kappa shape index (κ2) is 13.4. The number of hydrogen-bond donors (Lipinski definition) is 5. The topological polar surface area (TPSA) is 194 Å². The van der Waals surface area contributed by atoms with Crippen LogP contribution in [0.15, 0.2) is 60.7 Å². The number of nitrogens with zero attached hydrogens (tertiary/aromatic N) is 1. The van der Waals surface area contributed by atoms with E-state index in [4.69, 9.17) is 16.2 Å². The summed E-state index contributed by atoms with van der Waals surface area (Å²) in [4.78, 5) is 63.1. The molecule has 5 amide bonds. The summed E-state index contributed by atoms with van der Waals surface area (Å²) in [6, 6.07) is 15.6. The highest BCUT2D eigenvalue weighted by Gasteiger charge is 2.55. The zero-order chi connectivity index (χ0) is 28.4. The van der Waals surface area contributed by atoms with E-state index in [2.05, 4.69) is 10.6 Å². The van der Waals surface area contributed by atoms with Crippen LogP contribution in [0, 0.1) is 0 Å². The molecule has 2 aromatic carbocycles. The molecule has 2 aromatic rings. The first-order valence-electron chi connectivity index (χ1n) is 12.5. The predicted octanol–water partition coefficient (Wildman–Crippen LogP) is 0.0707. The Hall–Kier alpha value is -4.45. The molecule has 0 bridgehead atoms. The molecule has 208 valence electrons. The van der Waals surface area contributed by atoms with E-state index in [1.807, 2.05) is 30.3 Å². The maximum atomic E-state index is 13.0. The SMILES string of the molecule is NC(=O)C[C@H](NC(=O)OCc1ccccc1)C(=O)N[C@H]1CCN(C(=O)CCCc2ccccc2)[C@@]1(O)C(N)=O. The molecule has 0 aliphatic carbocycles. The van der Waals surface area contributed by atoms with Gasteiger partial charge in [0.15, 0.2) is 0 Å². The Labute approximate surface area is 225 Å². The number of primary amides is 2.